The molecule has 0 bridgehead atoms. The van der Waals surface area contributed by atoms with E-state index in [1.165, 1.54) is 31.0 Å². The van der Waals surface area contributed by atoms with Crippen molar-refractivity contribution < 1.29 is 44.6 Å². The van der Waals surface area contributed by atoms with Crippen LogP contribution >= 0.6 is 11.6 Å². The van der Waals surface area contributed by atoms with E-state index in [2.05, 4.69) is 20.4 Å². The number of amides is 1. The first kappa shape index (κ1) is 41.8. The third-order valence-corrected chi connectivity index (χ3v) is 10.1. The number of benzene rings is 3. The van der Waals surface area contributed by atoms with Crippen molar-refractivity contribution in [3.8, 4) is 11.4 Å². The van der Waals surface area contributed by atoms with Gasteiger partial charge in [0.2, 0.25) is 10.0 Å². The molecule has 1 N–H and O–H groups in total. The molecule has 1 amide bonds. The second-order valence-electron chi connectivity index (χ2n) is 14.2. The van der Waals surface area contributed by atoms with Crippen molar-refractivity contribution in [3.05, 3.63) is 116 Å². The lowest BCUT2D eigenvalue weighted by Crippen LogP contribution is -2.39. The summed E-state index contributed by atoms with van der Waals surface area (Å²) in [5.41, 5.74) is -3.57. The standard InChI is InChI=1S/C38H35ClF5N7O6S/c1-37(2,3)57-36(53)45-27(17-21-15-22(40)18-23(41)16-21)33-47-32-25(11-14-29(46-32)38(42,43)44)35(52)51(33)28-13-12-26(39)30-31(28)49(4)48-34(30)50(58(6,54)55)19-20-7-9-24(56-5)10-8-20/h7-16,18,27H,17,19H2,1-6H3,(H,45,53)/t27-/m0/s1. The Morgan fingerprint density at radius 1 is 0.966 bits per heavy atom. The summed E-state index contributed by atoms with van der Waals surface area (Å²) in [7, 11) is -1.16. The highest BCUT2D eigenvalue weighted by atomic mass is 35.5. The summed E-state index contributed by atoms with van der Waals surface area (Å²) in [6, 6.07) is 11.8. The number of hydrogen-bond donors (Lipinski definition) is 1. The number of rotatable bonds is 10. The molecule has 20 heteroatoms. The van der Waals surface area contributed by atoms with Gasteiger partial charge in [0.1, 0.15) is 34.5 Å². The summed E-state index contributed by atoms with van der Waals surface area (Å²) < 4.78 is 111. The number of aromatic nitrogens is 5. The molecule has 0 saturated carbocycles. The number of methoxy groups -OCH3 is 1. The first-order valence-corrected chi connectivity index (χ1v) is 19.5. The summed E-state index contributed by atoms with van der Waals surface area (Å²) in [6.45, 7) is 4.48. The van der Waals surface area contributed by atoms with Crippen molar-refractivity contribution in [2.75, 3.05) is 17.7 Å². The van der Waals surface area contributed by atoms with Crippen LogP contribution in [0.5, 0.6) is 5.75 Å². The predicted octanol–water partition coefficient (Wildman–Crippen LogP) is 7.40. The fourth-order valence-corrected chi connectivity index (χ4v) is 7.33. The number of sulfonamides is 1. The zero-order chi connectivity index (χ0) is 42.5. The van der Waals surface area contributed by atoms with E-state index in [0.29, 0.717) is 23.4 Å². The molecule has 1 atom stereocenters. The topological polar surface area (TPSA) is 151 Å². The van der Waals surface area contributed by atoms with Crippen molar-refractivity contribution >= 4 is 55.5 Å². The van der Waals surface area contributed by atoms with Gasteiger partial charge >= 0.3 is 12.3 Å². The zero-order valence-corrected chi connectivity index (χ0v) is 33.2. The predicted molar refractivity (Wildman–Crippen MR) is 206 cm³/mol. The Labute approximate surface area is 333 Å². The van der Waals surface area contributed by atoms with Gasteiger partial charge in [-0.3, -0.25) is 14.0 Å². The Hall–Kier alpha value is -5.82. The molecule has 6 aromatic rings. The third-order valence-electron chi connectivity index (χ3n) is 8.67. The molecule has 306 valence electrons. The second kappa shape index (κ2) is 15.5. The van der Waals surface area contributed by atoms with Gasteiger partial charge in [0.15, 0.2) is 11.5 Å². The maximum atomic E-state index is 14.7. The minimum absolute atomic E-state index is 0.00345. The van der Waals surface area contributed by atoms with Crippen LogP contribution in [-0.2, 0) is 40.9 Å². The molecule has 0 aliphatic heterocycles. The van der Waals surface area contributed by atoms with Crippen LogP contribution in [0.4, 0.5) is 32.6 Å². The van der Waals surface area contributed by atoms with Crippen LogP contribution in [0, 0.1) is 11.6 Å². The van der Waals surface area contributed by atoms with Crippen LogP contribution < -0.4 is 19.9 Å². The van der Waals surface area contributed by atoms with E-state index >= 15 is 0 Å². The zero-order valence-electron chi connectivity index (χ0n) is 31.7. The molecule has 0 saturated heterocycles. The summed E-state index contributed by atoms with van der Waals surface area (Å²) in [5.74, 6) is -2.00. The normalized spacial score (nSPS) is 12.8. The molecule has 0 fully saturated rings. The number of aryl methyl sites for hydroxylation is 1. The maximum Gasteiger partial charge on any atom is 0.433 e. The number of carbonyl (C=O) groups excluding carboxylic acids is 1. The van der Waals surface area contributed by atoms with Crippen molar-refractivity contribution in [1.29, 1.82) is 0 Å². The number of carbonyl (C=O) groups is 1. The average Bonchev–Trinajstić information content (AvgIpc) is 3.45. The van der Waals surface area contributed by atoms with Gasteiger partial charge in [-0.2, -0.15) is 18.3 Å². The number of alkyl halides is 3. The average molecular weight is 848 g/mol. The van der Waals surface area contributed by atoms with Crippen LogP contribution in [0.15, 0.2) is 71.5 Å². The summed E-state index contributed by atoms with van der Waals surface area (Å²) in [4.78, 5) is 36.1. The largest absolute Gasteiger partial charge is 0.497 e. The number of anilines is 1. The Kier molecular flexibility index (Phi) is 11.2. The van der Waals surface area contributed by atoms with Crippen molar-refractivity contribution in [2.24, 2.45) is 7.05 Å². The Bertz CT molecular complexity index is 2720. The minimum atomic E-state index is -4.94. The number of fused-ring (bicyclic) bond motifs is 2. The minimum Gasteiger partial charge on any atom is -0.497 e. The number of ether oxygens (including phenoxy) is 2. The highest BCUT2D eigenvalue weighted by Crippen LogP contribution is 2.38. The highest BCUT2D eigenvalue weighted by molar-refractivity contribution is 7.92. The molecule has 3 heterocycles. The monoisotopic (exact) mass is 847 g/mol. The van der Waals surface area contributed by atoms with E-state index in [-0.39, 0.29) is 44.9 Å². The molecule has 0 spiro atoms. The third kappa shape index (κ3) is 8.84. The lowest BCUT2D eigenvalue weighted by atomic mass is 10.0. The smallest absolute Gasteiger partial charge is 0.433 e. The molecular formula is C38H35ClF5N7O6S. The maximum absolute atomic E-state index is 14.7. The molecule has 0 radical (unpaired) electrons. The molecule has 3 aromatic heterocycles. The molecule has 0 aliphatic rings. The highest BCUT2D eigenvalue weighted by Gasteiger charge is 2.35. The number of pyridine rings is 1. The van der Waals surface area contributed by atoms with Crippen LogP contribution in [-0.4, -0.2) is 57.8 Å². The van der Waals surface area contributed by atoms with E-state index < -0.39 is 74.7 Å². The molecule has 58 heavy (non-hydrogen) atoms. The lowest BCUT2D eigenvalue weighted by molar-refractivity contribution is -0.141. The van der Waals surface area contributed by atoms with Crippen molar-refractivity contribution in [1.82, 2.24) is 29.6 Å². The fraction of sp³-hybridized carbons (Fsp3) is 0.289. The molecular weight excluding hydrogens is 813 g/mol. The first-order valence-electron chi connectivity index (χ1n) is 17.3. The van der Waals surface area contributed by atoms with E-state index in [4.69, 9.17) is 21.1 Å². The molecule has 6 rings (SSSR count). The number of alkyl carbamates (subject to hydrolysis) is 1. The molecule has 0 unspecified atom stereocenters. The van der Waals surface area contributed by atoms with Gasteiger partial charge in [0.05, 0.1) is 53.0 Å². The van der Waals surface area contributed by atoms with E-state index in [1.807, 2.05) is 0 Å². The Morgan fingerprint density at radius 3 is 2.21 bits per heavy atom. The van der Waals surface area contributed by atoms with Crippen molar-refractivity contribution in [3.63, 3.8) is 0 Å². The van der Waals surface area contributed by atoms with Gasteiger partial charge in [0, 0.05) is 19.5 Å². The molecule has 13 nitrogen and oxygen atoms in total. The number of halogens is 6. The summed E-state index contributed by atoms with van der Waals surface area (Å²) >= 11 is 6.78. The van der Waals surface area contributed by atoms with E-state index in [9.17, 15) is 40.0 Å². The van der Waals surface area contributed by atoms with Crippen LogP contribution in [0.1, 0.15) is 49.5 Å². The van der Waals surface area contributed by atoms with Gasteiger partial charge in [-0.15, -0.1) is 0 Å². The van der Waals surface area contributed by atoms with E-state index in [0.717, 1.165) is 33.3 Å². The van der Waals surface area contributed by atoms with Crippen LogP contribution in [0.25, 0.3) is 27.6 Å². The van der Waals surface area contributed by atoms with Gasteiger partial charge in [-0.25, -0.2) is 36.3 Å². The van der Waals surface area contributed by atoms with Crippen molar-refractivity contribution in [2.45, 2.75) is 51.6 Å². The fourth-order valence-electron chi connectivity index (χ4n) is 6.27. The molecule has 0 aliphatic carbocycles. The number of hydrogen-bond acceptors (Lipinski definition) is 9. The van der Waals surface area contributed by atoms with Crippen LogP contribution in [0.3, 0.4) is 0 Å². The van der Waals surface area contributed by atoms with Gasteiger partial charge in [-0.05, 0) is 80.4 Å². The summed E-state index contributed by atoms with van der Waals surface area (Å²) in [5, 5.41) is 6.75. The van der Waals surface area contributed by atoms with Gasteiger partial charge in [-0.1, -0.05) is 23.7 Å². The van der Waals surface area contributed by atoms with E-state index in [1.54, 1.807) is 45.0 Å². The number of nitrogens with zero attached hydrogens (tertiary/aromatic N) is 6. The molecule has 3 aromatic carbocycles. The number of nitrogens with one attached hydrogen (secondary N) is 1. The van der Waals surface area contributed by atoms with Crippen LogP contribution in [0.2, 0.25) is 5.02 Å². The quantitative estimate of drug-likeness (QED) is 0.139. The SMILES string of the molecule is COc1ccc(CN(c2nn(C)c3c(-n4c([C@H](Cc5cc(F)cc(F)c5)NC(=O)OC(C)(C)C)nc5nc(C(F)(F)F)ccc5c4=O)ccc(Cl)c23)S(C)(=O)=O)cc1. The summed E-state index contributed by atoms with van der Waals surface area (Å²) in [6.07, 6.45) is -5.52. The van der Waals surface area contributed by atoms with Gasteiger partial charge in [0.25, 0.3) is 5.56 Å². The Balaban J connectivity index is 1.66. The van der Waals surface area contributed by atoms with Gasteiger partial charge < -0.3 is 14.8 Å². The first-order chi connectivity index (χ1) is 27.0. The lowest BCUT2D eigenvalue weighted by Gasteiger charge is -2.26. The second-order valence-corrected chi connectivity index (χ2v) is 16.5. The Morgan fingerprint density at radius 2 is 1.62 bits per heavy atom.